The third-order valence-corrected chi connectivity index (χ3v) is 4.45. The summed E-state index contributed by atoms with van der Waals surface area (Å²) in [5.74, 6) is 1.88. The fourth-order valence-electron chi connectivity index (χ4n) is 1.74. The molecule has 2 unspecified atom stereocenters. The molecule has 1 aromatic rings. The van der Waals surface area contributed by atoms with Crippen molar-refractivity contribution in [1.29, 1.82) is 0 Å². The first-order valence-electron chi connectivity index (χ1n) is 6.07. The fraction of sp³-hybridized carbons (Fsp3) is 0.667. The molecule has 0 saturated carbocycles. The molecule has 1 fully saturated rings. The third kappa shape index (κ3) is 3.25. The molecule has 1 aliphatic rings. The van der Waals surface area contributed by atoms with Crippen LogP contribution in [0, 0.1) is 5.92 Å². The van der Waals surface area contributed by atoms with Gasteiger partial charge in [0.2, 0.25) is 0 Å². The van der Waals surface area contributed by atoms with Gasteiger partial charge in [-0.2, -0.15) is 5.10 Å². The van der Waals surface area contributed by atoms with E-state index >= 15 is 0 Å². The summed E-state index contributed by atoms with van der Waals surface area (Å²) in [7, 11) is 1.97. The molecule has 0 bridgehead atoms. The normalized spacial score (nSPS) is 27.1. The van der Waals surface area contributed by atoms with Gasteiger partial charge in [0.15, 0.2) is 5.17 Å². The van der Waals surface area contributed by atoms with Crippen molar-refractivity contribution in [2.24, 2.45) is 18.0 Å². The highest BCUT2D eigenvalue weighted by Crippen LogP contribution is 2.19. The molecular formula is C12H20N4S. The van der Waals surface area contributed by atoms with E-state index in [-0.39, 0.29) is 0 Å². The fourth-order valence-corrected chi connectivity index (χ4v) is 2.90. The number of nitrogens with one attached hydrogen (secondary N) is 1. The maximum Gasteiger partial charge on any atom is 0.156 e. The number of nitrogens with zero attached hydrogens (tertiary/aromatic N) is 3. The molecule has 0 aromatic carbocycles. The van der Waals surface area contributed by atoms with Gasteiger partial charge in [-0.1, -0.05) is 18.7 Å². The summed E-state index contributed by atoms with van der Waals surface area (Å²) < 4.78 is 1.91. The van der Waals surface area contributed by atoms with Crippen LogP contribution in [0.4, 0.5) is 0 Å². The van der Waals surface area contributed by atoms with E-state index in [1.807, 2.05) is 35.8 Å². The predicted molar refractivity (Wildman–Crippen MR) is 73.4 cm³/mol. The van der Waals surface area contributed by atoms with E-state index in [9.17, 15) is 0 Å². The maximum absolute atomic E-state index is 4.61. The topological polar surface area (TPSA) is 42.2 Å². The van der Waals surface area contributed by atoms with E-state index in [0.29, 0.717) is 6.04 Å². The van der Waals surface area contributed by atoms with E-state index in [0.717, 1.165) is 24.1 Å². The van der Waals surface area contributed by atoms with Crippen LogP contribution in [0.3, 0.4) is 0 Å². The van der Waals surface area contributed by atoms with E-state index < -0.39 is 0 Å². The van der Waals surface area contributed by atoms with Gasteiger partial charge in [0.05, 0.1) is 0 Å². The number of amidine groups is 1. The van der Waals surface area contributed by atoms with Gasteiger partial charge in [0.25, 0.3) is 0 Å². The van der Waals surface area contributed by atoms with Crippen LogP contribution in [0.15, 0.2) is 17.3 Å². The maximum atomic E-state index is 4.61. The SMILES string of the molecule is CC1CSC(=NCCc2ccnn2C)NC1C. The summed E-state index contributed by atoms with van der Waals surface area (Å²) in [6, 6.07) is 2.58. The van der Waals surface area contributed by atoms with Gasteiger partial charge < -0.3 is 5.32 Å². The Morgan fingerprint density at radius 3 is 3.06 bits per heavy atom. The summed E-state index contributed by atoms with van der Waals surface area (Å²) in [4.78, 5) is 4.61. The molecule has 4 nitrogen and oxygen atoms in total. The molecule has 0 spiro atoms. The first kappa shape index (κ1) is 12.5. The van der Waals surface area contributed by atoms with E-state index in [1.165, 1.54) is 11.4 Å². The number of hydrogen-bond donors (Lipinski definition) is 1. The van der Waals surface area contributed by atoms with Gasteiger partial charge in [0, 0.05) is 43.7 Å². The minimum Gasteiger partial charge on any atom is -0.362 e. The van der Waals surface area contributed by atoms with Crippen molar-refractivity contribution >= 4 is 16.9 Å². The second kappa shape index (κ2) is 5.58. The van der Waals surface area contributed by atoms with Crippen LogP contribution in [-0.4, -0.2) is 33.3 Å². The minimum atomic E-state index is 0.534. The van der Waals surface area contributed by atoms with Crippen LogP contribution < -0.4 is 5.32 Å². The standard InChI is InChI=1S/C12H20N4S/c1-9-8-17-12(15-10(9)2)13-6-4-11-5-7-14-16(11)3/h5,7,9-10H,4,6,8H2,1-3H3,(H,13,15). The Kier molecular flexibility index (Phi) is 4.10. The lowest BCUT2D eigenvalue weighted by Gasteiger charge is -2.28. The second-order valence-corrected chi connectivity index (χ2v) is 5.61. The van der Waals surface area contributed by atoms with Gasteiger partial charge >= 0.3 is 0 Å². The molecule has 94 valence electrons. The molecule has 17 heavy (non-hydrogen) atoms. The van der Waals surface area contributed by atoms with Gasteiger partial charge in [-0.15, -0.1) is 0 Å². The number of aromatic nitrogens is 2. The van der Waals surface area contributed by atoms with Crippen LogP contribution in [-0.2, 0) is 13.5 Å². The van der Waals surface area contributed by atoms with Crippen molar-refractivity contribution in [2.45, 2.75) is 26.3 Å². The Labute approximate surface area is 107 Å². The Morgan fingerprint density at radius 2 is 2.41 bits per heavy atom. The average Bonchev–Trinajstić information content (AvgIpc) is 2.70. The van der Waals surface area contributed by atoms with Gasteiger partial charge in [0.1, 0.15) is 0 Å². The predicted octanol–water partition coefficient (Wildman–Crippen LogP) is 1.68. The smallest absolute Gasteiger partial charge is 0.156 e. The molecule has 1 saturated heterocycles. The molecule has 5 heteroatoms. The first-order valence-corrected chi connectivity index (χ1v) is 7.06. The summed E-state index contributed by atoms with van der Waals surface area (Å²) in [5, 5.41) is 8.70. The lowest BCUT2D eigenvalue weighted by molar-refractivity contribution is 0.490. The van der Waals surface area contributed by atoms with Crippen molar-refractivity contribution in [1.82, 2.24) is 15.1 Å². The quantitative estimate of drug-likeness (QED) is 0.890. The van der Waals surface area contributed by atoms with Crippen LogP contribution in [0.1, 0.15) is 19.5 Å². The van der Waals surface area contributed by atoms with Gasteiger partial charge in [-0.3, -0.25) is 9.67 Å². The molecule has 1 N–H and O–H groups in total. The second-order valence-electron chi connectivity index (χ2n) is 4.60. The summed E-state index contributed by atoms with van der Waals surface area (Å²) in [6.07, 6.45) is 2.78. The lowest BCUT2D eigenvalue weighted by atomic mass is 10.1. The molecule has 1 aliphatic heterocycles. The molecule has 2 rings (SSSR count). The first-order chi connectivity index (χ1) is 8.16. The number of hydrogen-bond acceptors (Lipinski definition) is 3. The highest BCUT2D eigenvalue weighted by Gasteiger charge is 2.20. The molecule has 1 aromatic heterocycles. The highest BCUT2D eigenvalue weighted by atomic mass is 32.2. The molecular weight excluding hydrogens is 232 g/mol. The number of aliphatic imine (C=N–C) groups is 1. The van der Waals surface area contributed by atoms with Crippen molar-refractivity contribution in [3.8, 4) is 0 Å². The molecule has 0 radical (unpaired) electrons. The zero-order chi connectivity index (χ0) is 12.3. The number of rotatable bonds is 3. The molecule has 2 atom stereocenters. The van der Waals surface area contributed by atoms with E-state index in [1.54, 1.807) is 0 Å². The lowest BCUT2D eigenvalue weighted by Crippen LogP contribution is -2.41. The summed E-state index contributed by atoms with van der Waals surface area (Å²) in [6.45, 7) is 5.33. The average molecular weight is 252 g/mol. The Hall–Kier alpha value is -0.970. The summed E-state index contributed by atoms with van der Waals surface area (Å²) in [5.41, 5.74) is 1.23. The molecule has 0 aliphatic carbocycles. The van der Waals surface area contributed by atoms with Crippen molar-refractivity contribution in [2.75, 3.05) is 12.3 Å². The number of thioether (sulfide) groups is 1. The Morgan fingerprint density at radius 1 is 1.59 bits per heavy atom. The van der Waals surface area contributed by atoms with Crippen LogP contribution >= 0.6 is 11.8 Å². The summed E-state index contributed by atoms with van der Waals surface area (Å²) >= 11 is 1.83. The zero-order valence-electron chi connectivity index (χ0n) is 10.7. The van der Waals surface area contributed by atoms with Crippen molar-refractivity contribution in [3.05, 3.63) is 18.0 Å². The Bertz CT molecular complexity index is 399. The van der Waals surface area contributed by atoms with E-state index in [4.69, 9.17) is 0 Å². The van der Waals surface area contributed by atoms with Crippen LogP contribution in [0.5, 0.6) is 0 Å². The van der Waals surface area contributed by atoms with Crippen molar-refractivity contribution in [3.63, 3.8) is 0 Å². The molecule has 2 heterocycles. The van der Waals surface area contributed by atoms with Gasteiger partial charge in [-0.25, -0.2) is 0 Å². The Balaban J connectivity index is 1.83. The zero-order valence-corrected chi connectivity index (χ0v) is 11.5. The number of aryl methyl sites for hydroxylation is 1. The van der Waals surface area contributed by atoms with Crippen LogP contribution in [0.2, 0.25) is 0 Å². The largest absolute Gasteiger partial charge is 0.362 e. The third-order valence-electron chi connectivity index (χ3n) is 3.23. The molecule has 0 amide bonds. The highest BCUT2D eigenvalue weighted by molar-refractivity contribution is 8.13. The van der Waals surface area contributed by atoms with Gasteiger partial charge in [-0.05, 0) is 18.9 Å². The van der Waals surface area contributed by atoms with E-state index in [2.05, 4.69) is 29.3 Å². The van der Waals surface area contributed by atoms with Crippen LogP contribution in [0.25, 0.3) is 0 Å². The minimum absolute atomic E-state index is 0.534. The van der Waals surface area contributed by atoms with Crippen molar-refractivity contribution < 1.29 is 0 Å². The monoisotopic (exact) mass is 252 g/mol.